The van der Waals surface area contributed by atoms with E-state index in [1.165, 1.54) is 7.11 Å². The summed E-state index contributed by atoms with van der Waals surface area (Å²) in [4.78, 5) is 38.4. The Bertz CT molecular complexity index is 695. The van der Waals surface area contributed by atoms with E-state index in [2.05, 4.69) is 5.32 Å². The van der Waals surface area contributed by atoms with E-state index in [0.717, 1.165) is 31.2 Å². The Morgan fingerprint density at radius 1 is 1.24 bits per heavy atom. The lowest BCUT2D eigenvalue weighted by molar-refractivity contribution is -0.129. The first-order chi connectivity index (χ1) is 12.0. The van der Waals surface area contributed by atoms with Crippen molar-refractivity contribution in [3.05, 3.63) is 29.3 Å². The number of nitrogens with one attached hydrogen (secondary N) is 1. The van der Waals surface area contributed by atoms with Crippen molar-refractivity contribution in [3.63, 3.8) is 0 Å². The molecule has 6 nitrogen and oxygen atoms in total. The number of hydrogen-bond acceptors (Lipinski definition) is 4. The molecule has 2 aliphatic rings. The fourth-order valence-electron chi connectivity index (χ4n) is 3.71. The van der Waals surface area contributed by atoms with Gasteiger partial charge in [0, 0.05) is 24.7 Å². The van der Waals surface area contributed by atoms with Crippen molar-refractivity contribution in [1.82, 2.24) is 4.90 Å². The van der Waals surface area contributed by atoms with Crippen LogP contribution < -0.4 is 5.32 Å². The van der Waals surface area contributed by atoms with Crippen LogP contribution in [0.2, 0.25) is 0 Å². The molecule has 1 saturated heterocycles. The molecule has 0 bridgehead atoms. The highest BCUT2D eigenvalue weighted by molar-refractivity contribution is 5.99. The molecule has 1 N–H and O–H groups in total. The van der Waals surface area contributed by atoms with Crippen molar-refractivity contribution in [2.75, 3.05) is 19.0 Å². The lowest BCUT2D eigenvalue weighted by Gasteiger charge is -2.24. The van der Waals surface area contributed by atoms with E-state index >= 15 is 0 Å². The maximum atomic E-state index is 12.6. The Morgan fingerprint density at radius 3 is 2.64 bits per heavy atom. The van der Waals surface area contributed by atoms with Crippen LogP contribution in [0.15, 0.2) is 18.2 Å². The average molecular weight is 344 g/mol. The summed E-state index contributed by atoms with van der Waals surface area (Å²) in [5, 5.41) is 2.88. The number of esters is 1. The third-order valence-electron chi connectivity index (χ3n) is 5.21. The highest BCUT2D eigenvalue weighted by atomic mass is 16.5. The Balaban J connectivity index is 1.68. The summed E-state index contributed by atoms with van der Waals surface area (Å²) in [5.41, 5.74) is 1.83. The van der Waals surface area contributed by atoms with Gasteiger partial charge in [-0.05, 0) is 37.5 Å². The number of aryl methyl sites for hydroxylation is 1. The van der Waals surface area contributed by atoms with Crippen molar-refractivity contribution in [1.29, 1.82) is 0 Å². The molecule has 6 heteroatoms. The number of benzene rings is 1. The summed E-state index contributed by atoms with van der Waals surface area (Å²) < 4.78 is 4.72. The summed E-state index contributed by atoms with van der Waals surface area (Å²) in [6.45, 7) is 2.35. The van der Waals surface area contributed by atoms with Crippen molar-refractivity contribution in [2.45, 2.75) is 45.1 Å². The molecule has 1 aromatic rings. The van der Waals surface area contributed by atoms with Gasteiger partial charge in [-0.1, -0.05) is 18.9 Å². The quantitative estimate of drug-likeness (QED) is 0.852. The van der Waals surface area contributed by atoms with Gasteiger partial charge in [0.2, 0.25) is 11.8 Å². The molecular weight excluding hydrogens is 320 g/mol. The van der Waals surface area contributed by atoms with Crippen LogP contribution in [0.25, 0.3) is 0 Å². The minimum atomic E-state index is -0.445. The smallest absolute Gasteiger partial charge is 0.337 e. The van der Waals surface area contributed by atoms with Crippen LogP contribution in [0.4, 0.5) is 5.69 Å². The topological polar surface area (TPSA) is 75.7 Å². The van der Waals surface area contributed by atoms with Crippen LogP contribution in [-0.4, -0.2) is 42.4 Å². The SMILES string of the molecule is COC(=O)c1ccc(C)c(NC(=O)C2CC(=O)N(C3CCCC3)C2)c1. The zero-order chi connectivity index (χ0) is 18.0. The van der Waals surface area contributed by atoms with Gasteiger partial charge < -0.3 is 15.0 Å². The molecule has 2 fully saturated rings. The number of nitrogens with zero attached hydrogens (tertiary/aromatic N) is 1. The first-order valence-electron chi connectivity index (χ1n) is 8.79. The van der Waals surface area contributed by atoms with Gasteiger partial charge in [-0.2, -0.15) is 0 Å². The first kappa shape index (κ1) is 17.5. The van der Waals surface area contributed by atoms with E-state index in [0.29, 0.717) is 23.8 Å². The van der Waals surface area contributed by atoms with Crippen LogP contribution in [0.1, 0.15) is 48.0 Å². The van der Waals surface area contributed by atoms with Gasteiger partial charge in [0.25, 0.3) is 0 Å². The van der Waals surface area contributed by atoms with Gasteiger partial charge >= 0.3 is 5.97 Å². The van der Waals surface area contributed by atoms with Crippen LogP contribution in [0, 0.1) is 12.8 Å². The number of hydrogen-bond donors (Lipinski definition) is 1. The highest BCUT2D eigenvalue weighted by Gasteiger charge is 2.38. The first-order valence-corrected chi connectivity index (χ1v) is 8.79. The number of ether oxygens (including phenoxy) is 1. The van der Waals surface area contributed by atoms with E-state index in [1.807, 2.05) is 11.8 Å². The largest absolute Gasteiger partial charge is 0.465 e. The molecule has 2 amide bonds. The molecule has 0 spiro atoms. The number of carbonyl (C=O) groups is 3. The van der Waals surface area contributed by atoms with Crippen molar-refractivity contribution >= 4 is 23.5 Å². The molecule has 0 radical (unpaired) electrons. The summed E-state index contributed by atoms with van der Waals surface area (Å²) >= 11 is 0. The number of carbonyl (C=O) groups excluding carboxylic acids is 3. The standard InChI is InChI=1S/C19H24N2O4/c1-12-7-8-13(19(24)25-2)9-16(12)20-18(23)14-10-17(22)21(11-14)15-5-3-4-6-15/h7-9,14-15H,3-6,10-11H2,1-2H3,(H,20,23). The lowest BCUT2D eigenvalue weighted by atomic mass is 10.1. The molecule has 0 aromatic heterocycles. The molecular formula is C19H24N2O4. The Hall–Kier alpha value is -2.37. The molecule has 134 valence electrons. The summed E-state index contributed by atoms with van der Waals surface area (Å²) in [6, 6.07) is 5.35. The van der Waals surface area contributed by atoms with Crippen molar-refractivity contribution < 1.29 is 19.1 Å². The van der Waals surface area contributed by atoms with Crippen molar-refractivity contribution in [3.8, 4) is 0 Å². The second-order valence-corrected chi connectivity index (χ2v) is 6.90. The zero-order valence-corrected chi connectivity index (χ0v) is 14.7. The molecule has 3 rings (SSSR count). The predicted molar refractivity (Wildman–Crippen MR) is 93.2 cm³/mol. The Morgan fingerprint density at radius 2 is 1.96 bits per heavy atom. The van der Waals surface area contributed by atoms with Gasteiger partial charge in [0.15, 0.2) is 0 Å². The van der Waals surface area contributed by atoms with Gasteiger partial charge in [0.05, 0.1) is 18.6 Å². The molecule has 1 heterocycles. The highest BCUT2D eigenvalue weighted by Crippen LogP contribution is 2.30. The fraction of sp³-hybridized carbons (Fsp3) is 0.526. The number of rotatable bonds is 4. The third kappa shape index (κ3) is 3.67. The maximum Gasteiger partial charge on any atom is 0.337 e. The average Bonchev–Trinajstić information content (AvgIpc) is 3.25. The summed E-state index contributed by atoms with van der Waals surface area (Å²) in [6.07, 6.45) is 4.66. The minimum absolute atomic E-state index is 0.0760. The van der Waals surface area contributed by atoms with Crippen LogP contribution >= 0.6 is 0 Å². The molecule has 25 heavy (non-hydrogen) atoms. The van der Waals surface area contributed by atoms with Gasteiger partial charge in [0.1, 0.15) is 0 Å². The second kappa shape index (κ2) is 7.25. The molecule has 1 saturated carbocycles. The van der Waals surface area contributed by atoms with E-state index < -0.39 is 5.97 Å². The summed E-state index contributed by atoms with van der Waals surface area (Å²) in [5.74, 6) is -0.876. The number of anilines is 1. The Labute approximate surface area is 147 Å². The summed E-state index contributed by atoms with van der Waals surface area (Å²) in [7, 11) is 1.32. The predicted octanol–water partition coefficient (Wildman–Crippen LogP) is 2.51. The molecule has 1 unspecified atom stereocenters. The molecule has 1 aliphatic carbocycles. The zero-order valence-electron chi connectivity index (χ0n) is 14.7. The minimum Gasteiger partial charge on any atom is -0.465 e. The molecule has 1 aromatic carbocycles. The number of methoxy groups -OCH3 is 1. The molecule has 1 aliphatic heterocycles. The second-order valence-electron chi connectivity index (χ2n) is 6.90. The van der Waals surface area contributed by atoms with Gasteiger partial charge in [-0.15, -0.1) is 0 Å². The van der Waals surface area contributed by atoms with Gasteiger partial charge in [-0.25, -0.2) is 4.79 Å². The third-order valence-corrected chi connectivity index (χ3v) is 5.21. The van der Waals surface area contributed by atoms with E-state index in [1.54, 1.807) is 18.2 Å². The van der Waals surface area contributed by atoms with E-state index in [-0.39, 0.29) is 24.2 Å². The normalized spacial score (nSPS) is 20.8. The number of likely N-dealkylation sites (tertiary alicyclic amines) is 1. The van der Waals surface area contributed by atoms with Crippen LogP contribution in [0.5, 0.6) is 0 Å². The van der Waals surface area contributed by atoms with E-state index in [4.69, 9.17) is 4.74 Å². The van der Waals surface area contributed by atoms with Crippen LogP contribution in [0.3, 0.4) is 0 Å². The van der Waals surface area contributed by atoms with Gasteiger partial charge in [-0.3, -0.25) is 9.59 Å². The van der Waals surface area contributed by atoms with Crippen molar-refractivity contribution in [2.24, 2.45) is 5.92 Å². The monoisotopic (exact) mass is 344 g/mol. The van der Waals surface area contributed by atoms with Crippen LogP contribution in [-0.2, 0) is 14.3 Å². The maximum absolute atomic E-state index is 12.6. The van der Waals surface area contributed by atoms with E-state index in [9.17, 15) is 14.4 Å². The Kier molecular flexibility index (Phi) is 5.06. The molecule has 1 atom stereocenters. The number of amides is 2. The fourth-order valence-corrected chi connectivity index (χ4v) is 3.71. The lowest BCUT2D eigenvalue weighted by Crippen LogP contribution is -2.35.